The zero-order valence-corrected chi connectivity index (χ0v) is 19.1. The van der Waals surface area contributed by atoms with E-state index in [2.05, 4.69) is 10.4 Å². The van der Waals surface area contributed by atoms with Gasteiger partial charge in [0.25, 0.3) is 15.9 Å². The Morgan fingerprint density at radius 3 is 2.45 bits per heavy atom. The summed E-state index contributed by atoms with van der Waals surface area (Å²) in [5.41, 5.74) is 2.49. The van der Waals surface area contributed by atoms with Crippen LogP contribution in [0.3, 0.4) is 0 Å². The molecule has 10 heteroatoms. The second-order valence-corrected chi connectivity index (χ2v) is 9.28. The van der Waals surface area contributed by atoms with Crippen molar-refractivity contribution in [3.63, 3.8) is 0 Å². The number of methoxy groups -OCH3 is 1. The second-order valence-electron chi connectivity index (χ2n) is 7.47. The molecule has 0 atom stereocenters. The average molecular weight is 467 g/mol. The SMILES string of the molecule is CNC(=O)c1cc(C(=O)OC)n(Cc2ccc3c(ccn3S(=O)(=O)c3ccc(C)cc3)c2)n1. The molecular weight excluding hydrogens is 444 g/mol. The molecule has 0 spiro atoms. The first-order chi connectivity index (χ1) is 15.7. The fourth-order valence-corrected chi connectivity index (χ4v) is 4.87. The molecule has 1 amide bonds. The molecular formula is C23H22N4O5S. The summed E-state index contributed by atoms with van der Waals surface area (Å²) >= 11 is 0. The first kappa shape index (κ1) is 22.3. The van der Waals surface area contributed by atoms with Crippen LogP contribution in [0.1, 0.15) is 32.1 Å². The Hall–Kier alpha value is -3.92. The number of carbonyl (C=O) groups excluding carboxylic acids is 2. The van der Waals surface area contributed by atoms with Gasteiger partial charge in [-0.15, -0.1) is 0 Å². The van der Waals surface area contributed by atoms with Crippen LogP contribution in [-0.4, -0.2) is 48.2 Å². The molecule has 0 aliphatic rings. The molecule has 2 heterocycles. The lowest BCUT2D eigenvalue weighted by atomic mass is 10.1. The van der Waals surface area contributed by atoms with Crippen molar-refractivity contribution in [3.05, 3.63) is 83.3 Å². The molecule has 33 heavy (non-hydrogen) atoms. The van der Waals surface area contributed by atoms with Crippen LogP contribution in [0.15, 0.2) is 65.7 Å². The van der Waals surface area contributed by atoms with E-state index in [-0.39, 0.29) is 22.8 Å². The van der Waals surface area contributed by atoms with Crippen LogP contribution in [-0.2, 0) is 21.3 Å². The van der Waals surface area contributed by atoms with Crippen molar-refractivity contribution in [2.24, 2.45) is 0 Å². The Bertz CT molecular complexity index is 1470. The topological polar surface area (TPSA) is 112 Å². The molecule has 0 saturated heterocycles. The fraction of sp³-hybridized carbons (Fsp3) is 0.174. The van der Waals surface area contributed by atoms with E-state index in [4.69, 9.17) is 4.74 Å². The van der Waals surface area contributed by atoms with Gasteiger partial charge in [0.1, 0.15) is 5.69 Å². The highest BCUT2D eigenvalue weighted by atomic mass is 32.2. The molecule has 0 unspecified atom stereocenters. The minimum Gasteiger partial charge on any atom is -0.464 e. The standard InChI is InChI=1S/C23H22N4O5S/c1-15-4-7-18(8-5-15)33(30,31)27-11-10-17-12-16(6-9-20(17)27)14-26-21(23(29)32-3)13-19(25-26)22(28)24-2/h4-13H,14H2,1-3H3,(H,24,28). The zero-order valence-electron chi connectivity index (χ0n) is 18.3. The van der Waals surface area contributed by atoms with Gasteiger partial charge in [0.05, 0.1) is 24.1 Å². The van der Waals surface area contributed by atoms with Crippen LogP contribution in [0.25, 0.3) is 10.9 Å². The van der Waals surface area contributed by atoms with Crippen molar-refractivity contribution < 1.29 is 22.7 Å². The van der Waals surface area contributed by atoms with E-state index in [1.165, 1.54) is 35.1 Å². The van der Waals surface area contributed by atoms with Gasteiger partial charge in [0.2, 0.25) is 0 Å². The summed E-state index contributed by atoms with van der Waals surface area (Å²) in [7, 11) is -1.02. The molecule has 0 saturated carbocycles. The summed E-state index contributed by atoms with van der Waals surface area (Å²) < 4.78 is 33.6. The smallest absolute Gasteiger partial charge is 0.356 e. The van der Waals surface area contributed by atoms with E-state index >= 15 is 0 Å². The molecule has 170 valence electrons. The van der Waals surface area contributed by atoms with Crippen molar-refractivity contribution in [1.29, 1.82) is 0 Å². The van der Waals surface area contributed by atoms with Gasteiger partial charge in [-0.3, -0.25) is 9.48 Å². The molecule has 2 aromatic carbocycles. The minimum absolute atomic E-state index is 0.0920. The normalized spacial score (nSPS) is 11.5. The monoisotopic (exact) mass is 466 g/mol. The molecule has 2 aromatic heterocycles. The summed E-state index contributed by atoms with van der Waals surface area (Å²) in [6.45, 7) is 2.08. The van der Waals surface area contributed by atoms with Gasteiger partial charge in [0.15, 0.2) is 5.69 Å². The van der Waals surface area contributed by atoms with Crippen LogP contribution in [0, 0.1) is 6.92 Å². The highest BCUT2D eigenvalue weighted by Gasteiger charge is 2.21. The number of amides is 1. The highest BCUT2D eigenvalue weighted by Crippen LogP contribution is 2.24. The Kier molecular flexibility index (Phi) is 5.77. The number of benzene rings is 2. The number of nitrogens with zero attached hydrogens (tertiary/aromatic N) is 3. The Morgan fingerprint density at radius 2 is 1.79 bits per heavy atom. The maximum Gasteiger partial charge on any atom is 0.356 e. The number of fused-ring (bicyclic) bond motifs is 1. The summed E-state index contributed by atoms with van der Waals surface area (Å²) in [4.78, 5) is 24.3. The maximum absolute atomic E-state index is 13.1. The lowest BCUT2D eigenvalue weighted by molar-refractivity contribution is 0.0587. The zero-order chi connectivity index (χ0) is 23.8. The number of esters is 1. The van der Waals surface area contributed by atoms with E-state index in [1.54, 1.807) is 42.5 Å². The molecule has 0 aliphatic heterocycles. The number of hydrogen-bond donors (Lipinski definition) is 1. The number of aryl methyl sites for hydroxylation is 1. The average Bonchev–Trinajstić information content (AvgIpc) is 3.43. The highest BCUT2D eigenvalue weighted by molar-refractivity contribution is 7.90. The lowest BCUT2D eigenvalue weighted by Crippen LogP contribution is -2.18. The van der Waals surface area contributed by atoms with Gasteiger partial charge in [-0.2, -0.15) is 5.10 Å². The summed E-state index contributed by atoms with van der Waals surface area (Å²) in [6, 6.07) is 15.0. The van der Waals surface area contributed by atoms with Gasteiger partial charge < -0.3 is 10.1 Å². The van der Waals surface area contributed by atoms with Crippen molar-refractivity contribution in [2.45, 2.75) is 18.4 Å². The van der Waals surface area contributed by atoms with Gasteiger partial charge in [-0.25, -0.2) is 17.2 Å². The third kappa shape index (κ3) is 4.12. The molecule has 4 aromatic rings. The van der Waals surface area contributed by atoms with E-state index in [0.717, 1.165) is 11.1 Å². The first-order valence-corrected chi connectivity index (χ1v) is 11.5. The third-order valence-electron chi connectivity index (χ3n) is 5.26. The number of ether oxygens (including phenoxy) is 1. The van der Waals surface area contributed by atoms with E-state index < -0.39 is 21.9 Å². The predicted octanol–water partition coefficient (Wildman–Crippen LogP) is 2.58. The van der Waals surface area contributed by atoms with Crippen LogP contribution < -0.4 is 5.32 Å². The molecule has 9 nitrogen and oxygen atoms in total. The first-order valence-electron chi connectivity index (χ1n) is 10.0. The number of hydrogen-bond acceptors (Lipinski definition) is 6. The number of rotatable bonds is 6. The summed E-state index contributed by atoms with van der Waals surface area (Å²) in [5, 5.41) is 7.40. The van der Waals surface area contributed by atoms with Gasteiger partial charge in [-0.05, 0) is 42.8 Å². The second kappa shape index (κ2) is 8.55. The molecule has 0 radical (unpaired) electrons. The summed E-state index contributed by atoms with van der Waals surface area (Å²) in [6.07, 6.45) is 1.51. The summed E-state index contributed by atoms with van der Waals surface area (Å²) in [5.74, 6) is -1.04. The van der Waals surface area contributed by atoms with Crippen LogP contribution in [0.5, 0.6) is 0 Å². The Balaban J connectivity index is 1.70. The lowest BCUT2D eigenvalue weighted by Gasteiger charge is -2.09. The van der Waals surface area contributed by atoms with E-state index in [0.29, 0.717) is 10.9 Å². The largest absolute Gasteiger partial charge is 0.464 e. The third-order valence-corrected chi connectivity index (χ3v) is 6.97. The minimum atomic E-state index is -3.75. The van der Waals surface area contributed by atoms with Crippen molar-refractivity contribution in [3.8, 4) is 0 Å². The Labute approximate surface area is 190 Å². The fourth-order valence-electron chi connectivity index (χ4n) is 3.52. The van der Waals surface area contributed by atoms with Crippen LogP contribution in [0.4, 0.5) is 0 Å². The molecule has 0 aliphatic carbocycles. The molecule has 0 bridgehead atoms. The van der Waals surface area contributed by atoms with Crippen molar-refractivity contribution >= 4 is 32.8 Å². The van der Waals surface area contributed by atoms with Crippen LogP contribution >= 0.6 is 0 Å². The number of nitrogens with one attached hydrogen (secondary N) is 1. The van der Waals surface area contributed by atoms with Gasteiger partial charge in [-0.1, -0.05) is 23.8 Å². The molecule has 4 rings (SSSR count). The predicted molar refractivity (Wildman–Crippen MR) is 122 cm³/mol. The molecule has 1 N–H and O–H groups in total. The van der Waals surface area contributed by atoms with E-state index in [9.17, 15) is 18.0 Å². The Morgan fingerprint density at radius 1 is 1.06 bits per heavy atom. The molecule has 0 fully saturated rings. The van der Waals surface area contributed by atoms with Gasteiger partial charge >= 0.3 is 5.97 Å². The van der Waals surface area contributed by atoms with Crippen molar-refractivity contribution in [2.75, 3.05) is 14.2 Å². The van der Waals surface area contributed by atoms with E-state index in [1.807, 2.05) is 13.0 Å². The quantitative estimate of drug-likeness (QED) is 0.437. The maximum atomic E-state index is 13.1. The van der Waals surface area contributed by atoms with Crippen LogP contribution in [0.2, 0.25) is 0 Å². The number of carbonyl (C=O) groups is 2. The number of aromatic nitrogens is 3. The van der Waals surface area contributed by atoms with Crippen molar-refractivity contribution in [1.82, 2.24) is 19.1 Å². The van der Waals surface area contributed by atoms with Gasteiger partial charge in [0, 0.05) is 24.7 Å².